The second-order valence-electron chi connectivity index (χ2n) is 4.79. The lowest BCUT2D eigenvalue weighted by Crippen LogP contribution is -2.50. The van der Waals surface area contributed by atoms with Crippen LogP contribution in [0.5, 0.6) is 5.75 Å². The number of rotatable bonds is 3. The molecule has 118 valence electrons. The van der Waals surface area contributed by atoms with Crippen molar-refractivity contribution in [2.24, 2.45) is 0 Å². The van der Waals surface area contributed by atoms with E-state index in [1.165, 1.54) is 23.1 Å². The van der Waals surface area contributed by atoms with E-state index in [-0.39, 0.29) is 36.8 Å². The van der Waals surface area contributed by atoms with Gasteiger partial charge in [-0.1, -0.05) is 6.07 Å². The van der Waals surface area contributed by atoms with Gasteiger partial charge in [0.25, 0.3) is 0 Å². The largest absolute Gasteiger partial charge is 0.508 e. The van der Waals surface area contributed by atoms with Crippen molar-refractivity contribution in [3.05, 3.63) is 24.3 Å². The monoisotopic (exact) mass is 324 g/mol. The molecule has 1 saturated heterocycles. The number of hydrogen-bond donors (Lipinski definition) is 1. The van der Waals surface area contributed by atoms with Gasteiger partial charge in [0.15, 0.2) is 0 Å². The minimum atomic E-state index is -4.29. The molecule has 0 amide bonds. The van der Waals surface area contributed by atoms with Gasteiger partial charge in [0, 0.05) is 26.2 Å². The Bertz CT molecular complexity index is 596. The lowest BCUT2D eigenvalue weighted by molar-refractivity contribution is -0.148. The molecule has 1 aliphatic heterocycles. The summed E-state index contributed by atoms with van der Waals surface area (Å²) in [6, 6.07) is 5.22. The molecule has 21 heavy (non-hydrogen) atoms. The average molecular weight is 324 g/mol. The first kappa shape index (κ1) is 16.1. The van der Waals surface area contributed by atoms with Crippen LogP contribution in [0.3, 0.4) is 0 Å². The van der Waals surface area contributed by atoms with E-state index in [9.17, 15) is 26.7 Å². The molecule has 0 radical (unpaired) electrons. The number of benzene rings is 1. The zero-order valence-electron chi connectivity index (χ0n) is 11.0. The molecule has 2 rings (SSSR count). The van der Waals surface area contributed by atoms with Crippen molar-refractivity contribution in [3.63, 3.8) is 0 Å². The van der Waals surface area contributed by atoms with E-state index in [1.54, 1.807) is 0 Å². The van der Waals surface area contributed by atoms with Gasteiger partial charge in [-0.3, -0.25) is 4.90 Å². The third-order valence-corrected chi connectivity index (χ3v) is 5.08. The molecule has 1 heterocycles. The molecule has 1 fully saturated rings. The van der Waals surface area contributed by atoms with Crippen LogP contribution in [0, 0.1) is 0 Å². The lowest BCUT2D eigenvalue weighted by atomic mass is 10.3. The summed E-state index contributed by atoms with van der Waals surface area (Å²) in [6.45, 7) is -0.996. The number of halogens is 3. The number of nitrogens with zero attached hydrogens (tertiary/aromatic N) is 2. The number of hydrogen-bond acceptors (Lipinski definition) is 4. The van der Waals surface area contributed by atoms with Gasteiger partial charge in [0.1, 0.15) is 5.75 Å². The number of alkyl halides is 3. The molecule has 1 aliphatic rings. The highest BCUT2D eigenvalue weighted by atomic mass is 32.2. The highest BCUT2D eigenvalue weighted by Gasteiger charge is 2.34. The van der Waals surface area contributed by atoms with Crippen molar-refractivity contribution in [1.29, 1.82) is 0 Å². The van der Waals surface area contributed by atoms with Gasteiger partial charge in [0.05, 0.1) is 11.4 Å². The van der Waals surface area contributed by atoms with Crippen LogP contribution in [0.15, 0.2) is 29.2 Å². The number of sulfonamides is 1. The summed E-state index contributed by atoms with van der Waals surface area (Å²) in [5, 5.41) is 9.33. The maximum atomic E-state index is 12.3. The van der Waals surface area contributed by atoms with Crippen molar-refractivity contribution >= 4 is 10.0 Å². The van der Waals surface area contributed by atoms with E-state index in [0.717, 1.165) is 10.4 Å². The summed E-state index contributed by atoms with van der Waals surface area (Å²) in [5.41, 5.74) is 0. The third kappa shape index (κ3) is 4.08. The van der Waals surface area contributed by atoms with Crippen molar-refractivity contribution in [1.82, 2.24) is 9.21 Å². The standard InChI is InChI=1S/C12H15F3N2O3S/c13-12(14,15)9-16-4-6-17(7-5-16)21(19,20)11-3-1-2-10(18)8-11/h1-3,8,18H,4-7,9H2. The first-order valence-corrected chi connectivity index (χ1v) is 7.71. The van der Waals surface area contributed by atoms with E-state index < -0.39 is 22.7 Å². The Morgan fingerprint density at radius 3 is 2.29 bits per heavy atom. The SMILES string of the molecule is O=S(=O)(c1cccc(O)c1)N1CCN(CC(F)(F)F)CC1. The highest BCUT2D eigenvalue weighted by Crippen LogP contribution is 2.22. The van der Waals surface area contributed by atoms with Crippen LogP contribution in [-0.2, 0) is 10.0 Å². The molecular weight excluding hydrogens is 309 g/mol. The molecule has 0 aliphatic carbocycles. The molecule has 1 aromatic carbocycles. The maximum absolute atomic E-state index is 12.3. The topological polar surface area (TPSA) is 60.9 Å². The lowest BCUT2D eigenvalue weighted by Gasteiger charge is -2.34. The summed E-state index contributed by atoms with van der Waals surface area (Å²) in [6.07, 6.45) is -4.29. The van der Waals surface area contributed by atoms with Crippen LogP contribution < -0.4 is 0 Å². The van der Waals surface area contributed by atoms with Crippen LogP contribution in [0.2, 0.25) is 0 Å². The first-order chi connectivity index (χ1) is 9.68. The normalized spacial score (nSPS) is 18.8. The Hall–Kier alpha value is -1.32. The molecule has 0 saturated carbocycles. The molecule has 1 N–H and O–H groups in total. The van der Waals surface area contributed by atoms with Crippen molar-refractivity contribution < 1.29 is 26.7 Å². The van der Waals surface area contributed by atoms with Crippen molar-refractivity contribution in [3.8, 4) is 5.75 Å². The minimum Gasteiger partial charge on any atom is -0.508 e. The number of phenolic OH excluding ortho intramolecular Hbond substituents is 1. The maximum Gasteiger partial charge on any atom is 0.401 e. The van der Waals surface area contributed by atoms with Gasteiger partial charge in [-0.2, -0.15) is 17.5 Å². The number of aromatic hydroxyl groups is 1. The van der Waals surface area contributed by atoms with Gasteiger partial charge in [0.2, 0.25) is 10.0 Å². The molecule has 0 unspecified atom stereocenters. The molecule has 0 aromatic heterocycles. The van der Waals surface area contributed by atoms with Gasteiger partial charge >= 0.3 is 6.18 Å². The first-order valence-electron chi connectivity index (χ1n) is 6.27. The Labute approximate surface area is 120 Å². The van der Waals surface area contributed by atoms with E-state index in [4.69, 9.17) is 0 Å². The van der Waals surface area contributed by atoms with Crippen LogP contribution >= 0.6 is 0 Å². The van der Waals surface area contributed by atoms with Gasteiger partial charge < -0.3 is 5.11 Å². The predicted octanol–water partition coefficient (Wildman–Crippen LogP) is 1.26. The minimum absolute atomic E-state index is 0.00588. The Kier molecular flexibility index (Phi) is 4.45. The predicted molar refractivity (Wildman–Crippen MR) is 69.4 cm³/mol. The summed E-state index contributed by atoms with van der Waals surface area (Å²) in [5.74, 6) is -0.174. The smallest absolute Gasteiger partial charge is 0.401 e. The number of piperazine rings is 1. The summed E-state index contributed by atoms with van der Waals surface area (Å²) < 4.78 is 62.6. The Morgan fingerprint density at radius 1 is 1.14 bits per heavy atom. The fraction of sp³-hybridized carbons (Fsp3) is 0.500. The Morgan fingerprint density at radius 2 is 1.76 bits per heavy atom. The molecule has 5 nitrogen and oxygen atoms in total. The van der Waals surface area contributed by atoms with Crippen molar-refractivity contribution in [2.75, 3.05) is 32.7 Å². The van der Waals surface area contributed by atoms with E-state index in [0.29, 0.717) is 0 Å². The number of phenols is 1. The zero-order valence-corrected chi connectivity index (χ0v) is 11.9. The Balaban J connectivity index is 2.05. The van der Waals surface area contributed by atoms with Gasteiger partial charge in [-0.25, -0.2) is 8.42 Å². The zero-order chi connectivity index (χ0) is 15.7. The molecule has 0 atom stereocenters. The fourth-order valence-electron chi connectivity index (χ4n) is 2.17. The molecule has 0 spiro atoms. The van der Waals surface area contributed by atoms with Crippen LogP contribution in [0.25, 0.3) is 0 Å². The molecule has 1 aromatic rings. The van der Waals surface area contributed by atoms with E-state index in [2.05, 4.69) is 0 Å². The molecular formula is C12H15F3N2O3S. The summed E-state index contributed by atoms with van der Waals surface area (Å²) in [7, 11) is -3.79. The third-order valence-electron chi connectivity index (χ3n) is 3.19. The fourth-order valence-corrected chi connectivity index (χ4v) is 3.64. The average Bonchev–Trinajstić information content (AvgIpc) is 2.37. The van der Waals surface area contributed by atoms with Crippen LogP contribution in [0.1, 0.15) is 0 Å². The molecule has 0 bridgehead atoms. The summed E-state index contributed by atoms with van der Waals surface area (Å²) >= 11 is 0. The highest BCUT2D eigenvalue weighted by molar-refractivity contribution is 7.89. The van der Waals surface area contributed by atoms with Crippen LogP contribution in [0.4, 0.5) is 13.2 Å². The summed E-state index contributed by atoms with van der Waals surface area (Å²) in [4.78, 5) is 1.11. The quantitative estimate of drug-likeness (QED) is 0.909. The van der Waals surface area contributed by atoms with Crippen LogP contribution in [-0.4, -0.2) is 61.6 Å². The second-order valence-corrected chi connectivity index (χ2v) is 6.73. The van der Waals surface area contributed by atoms with Gasteiger partial charge in [-0.15, -0.1) is 0 Å². The van der Waals surface area contributed by atoms with Crippen molar-refractivity contribution in [2.45, 2.75) is 11.1 Å². The second kappa shape index (κ2) is 5.82. The van der Waals surface area contributed by atoms with Gasteiger partial charge in [-0.05, 0) is 18.2 Å². The molecule has 9 heteroatoms. The van der Waals surface area contributed by atoms with E-state index in [1.807, 2.05) is 0 Å². The van der Waals surface area contributed by atoms with E-state index >= 15 is 0 Å².